The standard InChI is InChI=1S/C18H14O3/c19-15-5-4-11-12(17(15)20)3-1-9-8-14-10(7-13(9)11)2-6-16-18(14)21-16/h1-8,15-20H. The van der Waals surface area contributed by atoms with Gasteiger partial charge in [-0.1, -0.05) is 36.4 Å². The third-order valence-electron chi connectivity index (χ3n) is 4.70. The number of aliphatic hydroxyl groups excluding tert-OH is 2. The minimum Gasteiger partial charge on any atom is -0.386 e. The van der Waals surface area contributed by atoms with E-state index in [9.17, 15) is 10.2 Å². The first kappa shape index (κ1) is 11.7. The van der Waals surface area contributed by atoms with E-state index in [0.29, 0.717) is 0 Å². The zero-order valence-corrected chi connectivity index (χ0v) is 11.2. The second kappa shape index (κ2) is 3.83. The summed E-state index contributed by atoms with van der Waals surface area (Å²) in [7, 11) is 0. The first-order valence-corrected chi connectivity index (χ1v) is 7.21. The quantitative estimate of drug-likeness (QED) is 0.729. The zero-order valence-electron chi connectivity index (χ0n) is 11.2. The lowest BCUT2D eigenvalue weighted by Gasteiger charge is -2.23. The highest BCUT2D eigenvalue weighted by atomic mass is 16.6. The van der Waals surface area contributed by atoms with E-state index in [2.05, 4.69) is 24.3 Å². The predicted octanol–water partition coefficient (Wildman–Crippen LogP) is 2.73. The smallest absolute Gasteiger partial charge is 0.114 e. The van der Waals surface area contributed by atoms with Gasteiger partial charge in [-0.15, -0.1) is 0 Å². The molecule has 21 heavy (non-hydrogen) atoms. The number of ether oxygens (including phenoxy) is 1. The largest absolute Gasteiger partial charge is 0.386 e. The second-order valence-corrected chi connectivity index (χ2v) is 5.95. The third kappa shape index (κ3) is 1.54. The van der Waals surface area contributed by atoms with Gasteiger partial charge in [-0.2, -0.15) is 0 Å². The molecule has 0 spiro atoms. The van der Waals surface area contributed by atoms with Crippen molar-refractivity contribution < 1.29 is 14.9 Å². The fourth-order valence-electron chi connectivity index (χ4n) is 3.48. The molecule has 3 heteroatoms. The van der Waals surface area contributed by atoms with E-state index in [1.54, 1.807) is 6.08 Å². The summed E-state index contributed by atoms with van der Waals surface area (Å²) < 4.78 is 5.62. The van der Waals surface area contributed by atoms with Crippen molar-refractivity contribution in [3.63, 3.8) is 0 Å². The van der Waals surface area contributed by atoms with Gasteiger partial charge in [0.25, 0.3) is 0 Å². The van der Waals surface area contributed by atoms with Gasteiger partial charge in [0.15, 0.2) is 0 Å². The maximum Gasteiger partial charge on any atom is 0.114 e. The Labute approximate surface area is 121 Å². The van der Waals surface area contributed by atoms with Crippen molar-refractivity contribution in [1.82, 2.24) is 0 Å². The van der Waals surface area contributed by atoms with Gasteiger partial charge >= 0.3 is 0 Å². The normalized spacial score (nSPS) is 31.7. The Morgan fingerprint density at radius 3 is 2.76 bits per heavy atom. The topological polar surface area (TPSA) is 53.0 Å². The van der Waals surface area contributed by atoms with Crippen LogP contribution < -0.4 is 0 Å². The van der Waals surface area contributed by atoms with E-state index >= 15 is 0 Å². The number of rotatable bonds is 0. The fourth-order valence-corrected chi connectivity index (χ4v) is 3.48. The predicted molar refractivity (Wildman–Crippen MR) is 80.6 cm³/mol. The summed E-state index contributed by atoms with van der Waals surface area (Å²) >= 11 is 0. The van der Waals surface area contributed by atoms with Crippen LogP contribution in [-0.2, 0) is 4.74 Å². The fraction of sp³-hybridized carbons (Fsp3) is 0.222. The Balaban J connectivity index is 1.80. The highest BCUT2D eigenvalue weighted by Gasteiger charge is 2.41. The minimum absolute atomic E-state index is 0.216. The Kier molecular flexibility index (Phi) is 2.13. The molecule has 3 nitrogen and oxygen atoms in total. The molecule has 2 aliphatic carbocycles. The van der Waals surface area contributed by atoms with Crippen LogP contribution in [0.3, 0.4) is 0 Å². The highest BCUT2D eigenvalue weighted by molar-refractivity contribution is 5.95. The van der Waals surface area contributed by atoms with Crippen LogP contribution in [0.15, 0.2) is 36.4 Å². The number of hydrogen-bond acceptors (Lipinski definition) is 3. The first-order valence-electron chi connectivity index (χ1n) is 7.21. The van der Waals surface area contributed by atoms with Crippen LogP contribution in [0, 0.1) is 0 Å². The van der Waals surface area contributed by atoms with E-state index in [1.807, 2.05) is 18.2 Å². The molecule has 0 amide bonds. The van der Waals surface area contributed by atoms with Crippen molar-refractivity contribution in [3.05, 3.63) is 58.7 Å². The molecule has 1 aliphatic heterocycles. The molecule has 0 bridgehead atoms. The summed E-state index contributed by atoms with van der Waals surface area (Å²) in [6, 6.07) is 8.27. The Hall–Kier alpha value is -1.94. The van der Waals surface area contributed by atoms with E-state index in [1.165, 1.54) is 11.1 Å². The molecular formula is C18H14O3. The molecular weight excluding hydrogens is 264 g/mol. The average Bonchev–Trinajstić information content (AvgIpc) is 3.29. The molecule has 3 aliphatic rings. The molecule has 0 radical (unpaired) electrons. The molecule has 0 aromatic heterocycles. The molecule has 0 saturated carbocycles. The van der Waals surface area contributed by atoms with Crippen LogP contribution in [0.2, 0.25) is 0 Å². The van der Waals surface area contributed by atoms with Crippen LogP contribution in [0.4, 0.5) is 0 Å². The van der Waals surface area contributed by atoms with Crippen molar-refractivity contribution in [3.8, 4) is 0 Å². The van der Waals surface area contributed by atoms with Crippen molar-refractivity contribution in [1.29, 1.82) is 0 Å². The van der Waals surface area contributed by atoms with Crippen molar-refractivity contribution >= 4 is 22.9 Å². The highest BCUT2D eigenvalue weighted by Crippen LogP contribution is 2.47. The lowest BCUT2D eigenvalue weighted by molar-refractivity contribution is 0.0471. The van der Waals surface area contributed by atoms with Crippen LogP contribution in [0.25, 0.3) is 22.9 Å². The van der Waals surface area contributed by atoms with Gasteiger partial charge in [0.2, 0.25) is 0 Å². The van der Waals surface area contributed by atoms with Crippen molar-refractivity contribution in [2.75, 3.05) is 0 Å². The summed E-state index contributed by atoms with van der Waals surface area (Å²) in [5.74, 6) is 0. The number of epoxide rings is 1. The van der Waals surface area contributed by atoms with E-state index in [0.717, 1.165) is 21.9 Å². The van der Waals surface area contributed by atoms with Gasteiger partial charge in [0.1, 0.15) is 24.4 Å². The molecule has 1 saturated heterocycles. The molecule has 1 heterocycles. The first-order chi connectivity index (χ1) is 10.2. The number of fused-ring (bicyclic) bond motifs is 6. The summed E-state index contributed by atoms with van der Waals surface area (Å²) in [5.41, 5.74) is 4.22. The van der Waals surface area contributed by atoms with Gasteiger partial charge in [0.05, 0.1) is 0 Å². The number of hydrogen-bond donors (Lipinski definition) is 2. The van der Waals surface area contributed by atoms with Gasteiger partial charge < -0.3 is 14.9 Å². The van der Waals surface area contributed by atoms with Crippen molar-refractivity contribution in [2.24, 2.45) is 0 Å². The Morgan fingerprint density at radius 2 is 1.86 bits per heavy atom. The van der Waals surface area contributed by atoms with Crippen LogP contribution >= 0.6 is 0 Å². The van der Waals surface area contributed by atoms with Crippen LogP contribution in [0.1, 0.15) is 34.5 Å². The van der Waals surface area contributed by atoms with E-state index in [-0.39, 0.29) is 12.2 Å². The molecule has 4 atom stereocenters. The van der Waals surface area contributed by atoms with Crippen LogP contribution in [-0.4, -0.2) is 22.4 Å². The molecule has 2 N–H and O–H groups in total. The summed E-state index contributed by atoms with van der Waals surface area (Å²) in [5, 5.41) is 22.2. The van der Waals surface area contributed by atoms with Gasteiger partial charge in [-0.25, -0.2) is 0 Å². The molecule has 4 unspecified atom stereocenters. The van der Waals surface area contributed by atoms with Gasteiger partial charge in [-0.05, 0) is 45.2 Å². The van der Waals surface area contributed by atoms with E-state index < -0.39 is 12.2 Å². The lowest BCUT2D eigenvalue weighted by Crippen LogP contribution is -2.19. The Bertz CT molecular complexity index is 834. The second-order valence-electron chi connectivity index (χ2n) is 5.95. The van der Waals surface area contributed by atoms with E-state index in [4.69, 9.17) is 4.74 Å². The average molecular weight is 278 g/mol. The van der Waals surface area contributed by atoms with Gasteiger partial charge in [-0.3, -0.25) is 0 Å². The zero-order chi connectivity index (χ0) is 14.1. The minimum atomic E-state index is -0.850. The SMILES string of the molecule is OC1C=Cc2c(ccc3cc4c(cc23)C=CC2OC42)C1O. The van der Waals surface area contributed by atoms with Crippen molar-refractivity contribution in [2.45, 2.75) is 24.4 Å². The summed E-state index contributed by atoms with van der Waals surface area (Å²) in [4.78, 5) is 0. The number of benzene rings is 2. The molecule has 5 rings (SSSR count). The lowest BCUT2D eigenvalue weighted by atomic mass is 9.86. The Morgan fingerprint density at radius 1 is 0.952 bits per heavy atom. The summed E-state index contributed by atoms with van der Waals surface area (Å²) in [6.45, 7) is 0. The van der Waals surface area contributed by atoms with Crippen LogP contribution in [0.5, 0.6) is 0 Å². The summed E-state index contributed by atoms with van der Waals surface area (Å²) in [6.07, 6.45) is 6.57. The number of aliphatic hydroxyl groups is 2. The molecule has 104 valence electrons. The third-order valence-corrected chi connectivity index (χ3v) is 4.70. The molecule has 2 aromatic carbocycles. The monoisotopic (exact) mass is 278 g/mol. The molecule has 1 fully saturated rings. The van der Waals surface area contributed by atoms with Gasteiger partial charge in [0, 0.05) is 0 Å². The maximum absolute atomic E-state index is 10.1. The molecule has 2 aromatic rings. The maximum atomic E-state index is 10.1.